The highest BCUT2D eigenvalue weighted by molar-refractivity contribution is 8.27. The minimum atomic E-state index is -0.596. The number of fused-ring (bicyclic) bond motifs is 1. The fraction of sp³-hybridized carbons (Fsp3) is 0.100. The van der Waals surface area contributed by atoms with Crippen LogP contribution in [-0.4, -0.2) is 38.5 Å². The number of aliphatic imine (C=N–C) groups is 1. The van der Waals surface area contributed by atoms with Crippen LogP contribution in [0.15, 0.2) is 64.2 Å². The van der Waals surface area contributed by atoms with Crippen molar-refractivity contribution in [2.24, 2.45) is 10.1 Å². The third kappa shape index (κ3) is 3.98. The lowest BCUT2D eigenvalue weighted by Crippen LogP contribution is -2.35. The van der Waals surface area contributed by atoms with Crippen LogP contribution in [0.25, 0.3) is 6.08 Å². The molecule has 0 atom stereocenters. The fourth-order valence-corrected chi connectivity index (χ4v) is 3.63. The topological polar surface area (TPSA) is 121 Å². The Bertz CT molecular complexity index is 1170. The van der Waals surface area contributed by atoms with Gasteiger partial charge in [0.2, 0.25) is 5.17 Å². The van der Waals surface area contributed by atoms with Gasteiger partial charge >= 0.3 is 0 Å². The Morgan fingerprint density at radius 2 is 2.07 bits per heavy atom. The molecule has 0 aliphatic carbocycles. The Hall–Kier alpha value is -3.79. The lowest BCUT2D eigenvalue weighted by Gasteiger charge is -2.20. The van der Waals surface area contributed by atoms with Crippen LogP contribution in [0.2, 0.25) is 0 Å². The molecule has 0 radical (unpaired) electrons. The van der Waals surface area contributed by atoms with E-state index in [4.69, 9.17) is 10.1 Å². The van der Waals surface area contributed by atoms with Crippen LogP contribution in [0.4, 0.5) is 5.69 Å². The molecule has 0 fully saturated rings. The number of aryl methyl sites for hydroxylation is 1. The number of non-ortho nitro benzene ring substituents is 1. The summed E-state index contributed by atoms with van der Waals surface area (Å²) in [5.41, 5.74) is 1.39. The van der Waals surface area contributed by atoms with Gasteiger partial charge in [-0.25, -0.2) is 0 Å². The fourth-order valence-electron chi connectivity index (χ4n) is 2.84. The van der Waals surface area contributed by atoms with Crippen molar-refractivity contribution >= 4 is 45.5 Å². The normalized spacial score (nSPS) is 17.0. The molecular weight excluding hydrogens is 406 g/mol. The summed E-state index contributed by atoms with van der Waals surface area (Å²) in [6.45, 7) is 2.14. The molecule has 0 aromatic heterocycles. The van der Waals surface area contributed by atoms with Crippen LogP contribution in [0, 0.1) is 22.4 Å². The third-order valence-electron chi connectivity index (χ3n) is 4.24. The second-order valence-corrected chi connectivity index (χ2v) is 7.51. The smallest absolute Gasteiger partial charge is 0.283 e. The standard InChI is InChI=1S/C20H15N5O4S/c1-12-4-2-7-15(8-12)29-11-17-23-24-18(21)16(19(26)22-20(24)30-17)10-13-5-3-6-14(9-13)25(27)28/h2-10,21H,11H2,1H3/b16-10+,21-18?. The second kappa shape index (κ2) is 7.91. The van der Waals surface area contributed by atoms with Gasteiger partial charge in [-0.2, -0.15) is 15.1 Å². The summed E-state index contributed by atoms with van der Waals surface area (Å²) in [5, 5.41) is 25.8. The van der Waals surface area contributed by atoms with Crippen molar-refractivity contribution in [1.29, 1.82) is 5.41 Å². The molecule has 2 aliphatic heterocycles. The van der Waals surface area contributed by atoms with Crippen LogP contribution >= 0.6 is 11.8 Å². The molecule has 2 aromatic carbocycles. The van der Waals surface area contributed by atoms with E-state index in [0.717, 1.165) is 17.3 Å². The zero-order valence-corrected chi connectivity index (χ0v) is 16.5. The van der Waals surface area contributed by atoms with Crippen molar-refractivity contribution in [2.45, 2.75) is 6.92 Å². The Labute approximate surface area is 175 Å². The molecule has 2 aromatic rings. The largest absolute Gasteiger partial charge is 0.487 e. The van der Waals surface area contributed by atoms with Gasteiger partial charge in [0.15, 0.2) is 5.84 Å². The number of amides is 1. The summed E-state index contributed by atoms with van der Waals surface area (Å²) in [5.74, 6) is -0.0432. The first kappa shape index (κ1) is 19.5. The molecular formula is C20H15N5O4S. The number of hydrogen-bond donors (Lipinski definition) is 1. The van der Waals surface area contributed by atoms with Gasteiger partial charge in [0.1, 0.15) is 17.4 Å². The molecule has 1 N–H and O–H groups in total. The van der Waals surface area contributed by atoms with E-state index in [9.17, 15) is 14.9 Å². The molecule has 1 amide bonds. The average molecular weight is 421 g/mol. The Morgan fingerprint density at radius 3 is 2.83 bits per heavy atom. The number of ether oxygens (including phenoxy) is 1. The van der Waals surface area contributed by atoms with Crippen molar-refractivity contribution in [3.8, 4) is 5.75 Å². The highest BCUT2D eigenvalue weighted by Gasteiger charge is 2.35. The molecule has 0 saturated heterocycles. The number of nitro benzene ring substituents is 1. The summed E-state index contributed by atoms with van der Waals surface area (Å²) >= 11 is 1.16. The van der Waals surface area contributed by atoms with Crippen LogP contribution in [0.5, 0.6) is 5.75 Å². The predicted molar refractivity (Wildman–Crippen MR) is 115 cm³/mol. The highest BCUT2D eigenvalue weighted by Crippen LogP contribution is 2.29. The molecule has 150 valence electrons. The zero-order chi connectivity index (χ0) is 21.3. The van der Waals surface area contributed by atoms with Gasteiger partial charge in [0.25, 0.3) is 11.6 Å². The lowest BCUT2D eigenvalue weighted by atomic mass is 10.1. The van der Waals surface area contributed by atoms with E-state index in [0.29, 0.717) is 16.4 Å². The third-order valence-corrected chi connectivity index (χ3v) is 5.12. The van der Waals surface area contributed by atoms with E-state index in [1.54, 1.807) is 6.07 Å². The molecule has 9 nitrogen and oxygen atoms in total. The SMILES string of the molecule is Cc1cccc(OCC2=NN3C(=N)/C(=C\c4cccc([N+](=O)[O-])c4)C(=O)N=C3S2)c1. The number of rotatable bonds is 5. The summed E-state index contributed by atoms with van der Waals surface area (Å²) in [4.78, 5) is 26.9. The average Bonchev–Trinajstić information content (AvgIpc) is 3.13. The quantitative estimate of drug-likeness (QED) is 0.447. The zero-order valence-electron chi connectivity index (χ0n) is 15.7. The van der Waals surface area contributed by atoms with Crippen LogP contribution in [0.1, 0.15) is 11.1 Å². The van der Waals surface area contributed by atoms with Gasteiger partial charge in [-0.1, -0.05) is 24.3 Å². The maximum Gasteiger partial charge on any atom is 0.283 e. The molecule has 10 heteroatoms. The molecule has 0 saturated carbocycles. The number of amidine groups is 2. The number of benzene rings is 2. The number of carbonyl (C=O) groups is 1. The minimum Gasteiger partial charge on any atom is -0.487 e. The van der Waals surface area contributed by atoms with Crippen molar-refractivity contribution in [3.63, 3.8) is 0 Å². The maximum absolute atomic E-state index is 12.4. The highest BCUT2D eigenvalue weighted by atomic mass is 32.2. The van der Waals surface area contributed by atoms with Gasteiger partial charge in [-0.15, -0.1) is 0 Å². The van der Waals surface area contributed by atoms with Crippen molar-refractivity contribution < 1.29 is 14.5 Å². The Morgan fingerprint density at radius 1 is 1.27 bits per heavy atom. The van der Waals surface area contributed by atoms with E-state index >= 15 is 0 Å². The monoisotopic (exact) mass is 421 g/mol. The number of hydrogen-bond acceptors (Lipinski definition) is 7. The minimum absolute atomic E-state index is 0.00412. The second-order valence-electron chi connectivity index (χ2n) is 6.47. The summed E-state index contributed by atoms with van der Waals surface area (Å²) in [6, 6.07) is 13.4. The molecule has 0 spiro atoms. The van der Waals surface area contributed by atoms with E-state index in [1.807, 2.05) is 31.2 Å². The number of carbonyl (C=O) groups excluding carboxylic acids is 1. The number of thioether (sulfide) groups is 1. The Kier molecular flexibility index (Phi) is 5.15. The van der Waals surface area contributed by atoms with E-state index in [2.05, 4.69) is 10.1 Å². The first-order valence-corrected chi connectivity index (χ1v) is 9.65. The predicted octanol–water partition coefficient (Wildman–Crippen LogP) is 3.60. The van der Waals surface area contributed by atoms with Crippen LogP contribution in [-0.2, 0) is 4.79 Å². The molecule has 0 unspecified atom stereocenters. The molecule has 30 heavy (non-hydrogen) atoms. The molecule has 2 aliphatic rings. The van der Waals surface area contributed by atoms with Gasteiger partial charge in [0, 0.05) is 12.1 Å². The first-order chi connectivity index (χ1) is 14.4. The van der Waals surface area contributed by atoms with Crippen molar-refractivity contribution in [1.82, 2.24) is 5.01 Å². The van der Waals surface area contributed by atoms with Crippen LogP contribution in [0.3, 0.4) is 0 Å². The van der Waals surface area contributed by atoms with Gasteiger partial charge in [-0.05, 0) is 48.0 Å². The number of nitro groups is 1. The number of nitrogens with one attached hydrogen (secondary N) is 1. The number of hydrazone groups is 1. The molecule has 2 heterocycles. The number of nitrogens with zero attached hydrogens (tertiary/aromatic N) is 4. The van der Waals surface area contributed by atoms with E-state index < -0.39 is 10.8 Å². The molecule has 0 bridgehead atoms. The van der Waals surface area contributed by atoms with Crippen LogP contribution < -0.4 is 4.74 Å². The van der Waals surface area contributed by atoms with E-state index in [1.165, 1.54) is 29.3 Å². The lowest BCUT2D eigenvalue weighted by molar-refractivity contribution is -0.384. The van der Waals surface area contributed by atoms with Gasteiger partial charge < -0.3 is 4.74 Å². The van der Waals surface area contributed by atoms with E-state index in [-0.39, 0.29) is 28.9 Å². The Balaban J connectivity index is 1.54. The van der Waals surface area contributed by atoms with Gasteiger partial charge in [0.05, 0.1) is 10.5 Å². The van der Waals surface area contributed by atoms with Crippen molar-refractivity contribution in [3.05, 3.63) is 75.3 Å². The summed E-state index contributed by atoms with van der Waals surface area (Å²) in [6.07, 6.45) is 1.40. The van der Waals surface area contributed by atoms with Gasteiger partial charge in [-0.3, -0.25) is 20.3 Å². The summed E-state index contributed by atoms with van der Waals surface area (Å²) in [7, 11) is 0. The summed E-state index contributed by atoms with van der Waals surface area (Å²) < 4.78 is 5.73. The maximum atomic E-state index is 12.4. The van der Waals surface area contributed by atoms with Crippen molar-refractivity contribution in [2.75, 3.05) is 6.61 Å². The first-order valence-electron chi connectivity index (χ1n) is 8.84. The molecule has 4 rings (SSSR count).